The van der Waals surface area contributed by atoms with Gasteiger partial charge in [-0.05, 0) is 73.4 Å². The Morgan fingerprint density at radius 1 is 1.03 bits per heavy atom. The number of nitrogens with one attached hydrogen (secondary N) is 2. The molecule has 4 rings (SSSR count). The van der Waals surface area contributed by atoms with Gasteiger partial charge in [0.05, 0.1) is 11.1 Å². The van der Waals surface area contributed by atoms with Crippen molar-refractivity contribution >= 4 is 29.4 Å². The largest absolute Gasteiger partial charge is 0.478 e. The first kappa shape index (κ1) is 26.6. The molecule has 8 nitrogen and oxygen atoms in total. The molecule has 38 heavy (non-hydrogen) atoms. The Bertz CT molecular complexity index is 1390. The second-order valence-electron chi connectivity index (χ2n) is 8.73. The summed E-state index contributed by atoms with van der Waals surface area (Å²) in [6.45, 7) is 1.58. The van der Waals surface area contributed by atoms with Crippen LogP contribution in [0.4, 0.5) is 33.9 Å². The summed E-state index contributed by atoms with van der Waals surface area (Å²) in [7, 11) is 0. The number of hydrogen-bond acceptors (Lipinski definition) is 4. The average molecular weight is 530 g/mol. The zero-order chi connectivity index (χ0) is 27.6. The lowest BCUT2D eigenvalue weighted by Crippen LogP contribution is -2.45. The summed E-state index contributed by atoms with van der Waals surface area (Å²) in [5, 5.41) is 14.1. The highest BCUT2D eigenvalue weighted by molar-refractivity contribution is 5.99. The third-order valence-corrected chi connectivity index (χ3v) is 6.15. The number of urea groups is 1. The molecule has 0 bridgehead atoms. The molecular weight excluding hydrogens is 508 g/mol. The molecule has 1 atom stereocenters. The third-order valence-electron chi connectivity index (χ3n) is 6.15. The number of amides is 3. The van der Waals surface area contributed by atoms with Gasteiger partial charge in [0.25, 0.3) is 0 Å². The van der Waals surface area contributed by atoms with Gasteiger partial charge in [-0.15, -0.1) is 0 Å². The van der Waals surface area contributed by atoms with Gasteiger partial charge in [-0.2, -0.15) is 13.2 Å². The number of anilines is 2. The predicted molar refractivity (Wildman–Crippen MR) is 130 cm³/mol. The van der Waals surface area contributed by atoms with E-state index in [0.29, 0.717) is 24.0 Å². The predicted octanol–water partition coefficient (Wildman–Crippen LogP) is 5.55. The topological polar surface area (TPSA) is 112 Å². The van der Waals surface area contributed by atoms with Crippen molar-refractivity contribution in [1.82, 2.24) is 9.88 Å². The molecule has 0 spiro atoms. The molecular formula is C26H22F4N4O4. The number of aromatic carboxylic acids is 1. The van der Waals surface area contributed by atoms with Crippen molar-refractivity contribution in [2.45, 2.75) is 32.0 Å². The number of carbonyl (C=O) groups excluding carboxylic acids is 2. The van der Waals surface area contributed by atoms with Crippen molar-refractivity contribution in [3.05, 3.63) is 77.2 Å². The van der Waals surface area contributed by atoms with Gasteiger partial charge in [-0.1, -0.05) is 6.07 Å². The summed E-state index contributed by atoms with van der Waals surface area (Å²) < 4.78 is 53.0. The minimum absolute atomic E-state index is 0.0406. The average Bonchev–Trinajstić information content (AvgIpc) is 3.34. The van der Waals surface area contributed by atoms with Crippen LogP contribution in [-0.2, 0) is 11.0 Å². The minimum atomic E-state index is -4.50. The van der Waals surface area contributed by atoms with Gasteiger partial charge in [0.15, 0.2) is 0 Å². The van der Waals surface area contributed by atoms with E-state index in [2.05, 4.69) is 15.6 Å². The second-order valence-corrected chi connectivity index (χ2v) is 8.73. The zero-order valence-corrected chi connectivity index (χ0v) is 20.0. The van der Waals surface area contributed by atoms with Crippen LogP contribution in [0, 0.1) is 12.7 Å². The number of carboxylic acids is 1. The quantitative estimate of drug-likeness (QED) is 0.375. The smallest absolute Gasteiger partial charge is 0.416 e. The standard InChI is InChI=1S/C26H22F4N4O4/c1-14-11-17(6-8-19(14)26(28,29)30)32-25(38)34-10-2-3-21(34)23(35)33-22-9-5-16(13-31-22)15-4-7-18(24(36)37)20(27)12-15/h4-9,11-13,21H,2-3,10H2,1H3,(H,32,38)(H,36,37)(H,31,33,35)/t21-/m1/s1. The van der Waals surface area contributed by atoms with Crippen LogP contribution in [0.25, 0.3) is 11.1 Å². The van der Waals surface area contributed by atoms with Gasteiger partial charge >= 0.3 is 18.2 Å². The van der Waals surface area contributed by atoms with E-state index in [-0.39, 0.29) is 23.6 Å². The van der Waals surface area contributed by atoms with Crippen molar-refractivity contribution in [2.24, 2.45) is 0 Å². The van der Waals surface area contributed by atoms with Gasteiger partial charge in [0, 0.05) is 24.0 Å². The SMILES string of the molecule is Cc1cc(NC(=O)N2CCC[C@@H]2C(=O)Nc2ccc(-c3ccc(C(=O)O)c(F)c3)cn2)ccc1C(F)(F)F. The lowest BCUT2D eigenvalue weighted by Gasteiger charge is -2.24. The Morgan fingerprint density at radius 2 is 1.76 bits per heavy atom. The molecule has 2 aromatic carbocycles. The van der Waals surface area contributed by atoms with E-state index >= 15 is 0 Å². The number of pyridine rings is 1. The first-order chi connectivity index (χ1) is 17.9. The highest BCUT2D eigenvalue weighted by Gasteiger charge is 2.35. The molecule has 0 saturated carbocycles. The van der Waals surface area contributed by atoms with Crippen LogP contribution in [-0.4, -0.2) is 45.5 Å². The van der Waals surface area contributed by atoms with E-state index in [1.54, 1.807) is 6.07 Å². The van der Waals surface area contributed by atoms with Crippen molar-refractivity contribution < 1.29 is 37.1 Å². The maximum atomic E-state index is 14.0. The number of benzene rings is 2. The number of likely N-dealkylation sites (tertiary alicyclic amines) is 1. The first-order valence-corrected chi connectivity index (χ1v) is 11.5. The molecule has 1 aliphatic rings. The Kier molecular flexibility index (Phi) is 7.33. The zero-order valence-electron chi connectivity index (χ0n) is 20.0. The van der Waals surface area contributed by atoms with Gasteiger partial charge in [-0.25, -0.2) is 19.0 Å². The van der Waals surface area contributed by atoms with E-state index in [1.165, 1.54) is 36.2 Å². The summed E-state index contributed by atoms with van der Waals surface area (Å²) in [6.07, 6.45) is -2.17. The van der Waals surface area contributed by atoms with E-state index in [9.17, 15) is 31.9 Å². The van der Waals surface area contributed by atoms with Crippen LogP contribution in [0.15, 0.2) is 54.7 Å². The molecule has 1 aliphatic heterocycles. The summed E-state index contributed by atoms with van der Waals surface area (Å²) in [5.74, 6) is -2.57. The third kappa shape index (κ3) is 5.74. The van der Waals surface area contributed by atoms with Crippen molar-refractivity contribution in [3.8, 4) is 11.1 Å². The van der Waals surface area contributed by atoms with Crippen LogP contribution in [0.5, 0.6) is 0 Å². The number of aromatic nitrogens is 1. The monoisotopic (exact) mass is 530 g/mol. The number of rotatable bonds is 5. The Balaban J connectivity index is 1.41. The molecule has 0 radical (unpaired) electrons. The molecule has 0 unspecified atom stereocenters. The molecule has 2 heterocycles. The van der Waals surface area contributed by atoms with E-state index in [0.717, 1.165) is 24.3 Å². The lowest BCUT2D eigenvalue weighted by atomic mass is 10.1. The van der Waals surface area contributed by atoms with Crippen molar-refractivity contribution in [3.63, 3.8) is 0 Å². The van der Waals surface area contributed by atoms with E-state index in [4.69, 9.17) is 5.11 Å². The number of alkyl halides is 3. The number of carbonyl (C=O) groups is 3. The van der Waals surface area contributed by atoms with E-state index in [1.807, 2.05) is 0 Å². The lowest BCUT2D eigenvalue weighted by molar-refractivity contribution is -0.138. The summed E-state index contributed by atoms with van der Waals surface area (Å²) in [6, 6.07) is 8.56. The summed E-state index contributed by atoms with van der Waals surface area (Å²) in [4.78, 5) is 42.1. The molecule has 3 aromatic rings. The number of halogens is 4. The number of nitrogens with zero attached hydrogens (tertiary/aromatic N) is 2. The van der Waals surface area contributed by atoms with Crippen molar-refractivity contribution in [2.75, 3.05) is 17.2 Å². The molecule has 3 N–H and O–H groups in total. The molecule has 198 valence electrons. The van der Waals surface area contributed by atoms with Gasteiger partial charge < -0.3 is 20.6 Å². The highest BCUT2D eigenvalue weighted by Crippen LogP contribution is 2.33. The molecule has 0 aliphatic carbocycles. The van der Waals surface area contributed by atoms with Crippen LogP contribution < -0.4 is 10.6 Å². The summed E-state index contributed by atoms with van der Waals surface area (Å²) >= 11 is 0. The highest BCUT2D eigenvalue weighted by atomic mass is 19.4. The Labute approximate surface area is 214 Å². The fraction of sp³-hybridized carbons (Fsp3) is 0.231. The molecule has 1 fully saturated rings. The van der Waals surface area contributed by atoms with Gasteiger partial charge in [0.1, 0.15) is 17.7 Å². The second kappa shape index (κ2) is 10.5. The van der Waals surface area contributed by atoms with E-state index < -0.39 is 47.1 Å². The Hall–Kier alpha value is -4.48. The first-order valence-electron chi connectivity index (χ1n) is 11.5. The Morgan fingerprint density at radius 3 is 2.37 bits per heavy atom. The molecule has 12 heteroatoms. The number of aryl methyl sites for hydroxylation is 1. The maximum absolute atomic E-state index is 14.0. The normalized spacial score (nSPS) is 15.3. The van der Waals surface area contributed by atoms with Crippen LogP contribution in [0.2, 0.25) is 0 Å². The van der Waals surface area contributed by atoms with Crippen LogP contribution in [0.3, 0.4) is 0 Å². The van der Waals surface area contributed by atoms with Gasteiger partial charge in [0.2, 0.25) is 5.91 Å². The molecule has 3 amide bonds. The number of hydrogen-bond donors (Lipinski definition) is 3. The van der Waals surface area contributed by atoms with Crippen molar-refractivity contribution in [1.29, 1.82) is 0 Å². The maximum Gasteiger partial charge on any atom is 0.416 e. The molecule has 1 saturated heterocycles. The van der Waals surface area contributed by atoms with Crippen LogP contribution >= 0.6 is 0 Å². The molecule has 1 aromatic heterocycles. The fourth-order valence-electron chi connectivity index (χ4n) is 4.25. The van der Waals surface area contributed by atoms with Crippen LogP contribution in [0.1, 0.15) is 34.3 Å². The number of carboxylic acid groups (broad SMARTS) is 1. The summed E-state index contributed by atoms with van der Waals surface area (Å²) in [5.41, 5.74) is -0.223. The minimum Gasteiger partial charge on any atom is -0.478 e. The van der Waals surface area contributed by atoms with Gasteiger partial charge in [-0.3, -0.25) is 4.79 Å². The fourth-order valence-corrected chi connectivity index (χ4v) is 4.25.